The average molecular weight is 243 g/mol. The van der Waals surface area contributed by atoms with Gasteiger partial charge in [0, 0.05) is 24.2 Å². The zero-order valence-electron chi connectivity index (χ0n) is 10.5. The van der Waals surface area contributed by atoms with Crippen LogP contribution >= 0.6 is 0 Å². The third-order valence-corrected chi connectivity index (χ3v) is 3.86. The van der Waals surface area contributed by atoms with Gasteiger partial charge in [-0.2, -0.15) is 0 Å². The molecule has 1 fully saturated rings. The summed E-state index contributed by atoms with van der Waals surface area (Å²) in [5.41, 5.74) is 1.70. The van der Waals surface area contributed by atoms with E-state index in [1.165, 1.54) is 19.4 Å². The monoisotopic (exact) mass is 243 g/mol. The molecule has 0 saturated carbocycles. The van der Waals surface area contributed by atoms with Crippen LogP contribution in [-0.4, -0.2) is 40.2 Å². The summed E-state index contributed by atoms with van der Waals surface area (Å²) in [5.74, 6) is 1.08. The Morgan fingerprint density at radius 3 is 3.17 bits per heavy atom. The minimum Gasteiger partial charge on any atom is -0.304 e. The molecule has 1 aliphatic rings. The van der Waals surface area contributed by atoms with Crippen LogP contribution < -0.4 is 0 Å². The predicted octanol–water partition coefficient (Wildman–Crippen LogP) is 1.78. The molecule has 0 aromatic carbocycles. The fourth-order valence-corrected chi connectivity index (χ4v) is 2.74. The lowest BCUT2D eigenvalue weighted by molar-refractivity contribution is 0.112. The normalized spacial score (nSPS) is 20.6. The number of hydrogen-bond acceptors (Lipinski definition) is 3. The molecule has 0 radical (unpaired) electrons. The number of nitrogens with zero attached hydrogens (tertiary/aromatic N) is 3. The summed E-state index contributed by atoms with van der Waals surface area (Å²) in [6.45, 7) is 1.18. The summed E-state index contributed by atoms with van der Waals surface area (Å²) < 4.78 is 2.08. The van der Waals surface area contributed by atoms with E-state index in [9.17, 15) is 4.79 Å². The zero-order valence-corrected chi connectivity index (χ0v) is 10.5. The zero-order chi connectivity index (χ0) is 12.5. The molecule has 4 nitrogen and oxygen atoms in total. The van der Waals surface area contributed by atoms with Crippen molar-refractivity contribution in [1.82, 2.24) is 14.3 Å². The van der Waals surface area contributed by atoms with Gasteiger partial charge in [0.1, 0.15) is 12.1 Å². The molecule has 3 rings (SSSR count). The molecule has 3 heterocycles. The number of likely N-dealkylation sites (N-methyl/N-ethyl adjacent to an activating group) is 1. The van der Waals surface area contributed by atoms with Gasteiger partial charge in [-0.1, -0.05) is 0 Å². The van der Waals surface area contributed by atoms with Gasteiger partial charge >= 0.3 is 0 Å². The van der Waals surface area contributed by atoms with Gasteiger partial charge in [-0.3, -0.25) is 4.79 Å². The Labute approximate surface area is 106 Å². The van der Waals surface area contributed by atoms with Gasteiger partial charge in [-0.15, -0.1) is 0 Å². The molecule has 2 aromatic rings. The lowest BCUT2D eigenvalue weighted by atomic mass is 10.1. The highest BCUT2D eigenvalue weighted by Crippen LogP contribution is 2.19. The average Bonchev–Trinajstić information content (AvgIpc) is 2.97. The Morgan fingerprint density at radius 1 is 1.56 bits per heavy atom. The van der Waals surface area contributed by atoms with E-state index in [1.54, 1.807) is 0 Å². The number of imidazole rings is 1. The van der Waals surface area contributed by atoms with Crippen LogP contribution in [0.15, 0.2) is 24.5 Å². The maximum Gasteiger partial charge on any atom is 0.150 e. The molecule has 1 aliphatic heterocycles. The van der Waals surface area contributed by atoms with Crippen molar-refractivity contribution in [3.63, 3.8) is 0 Å². The number of pyridine rings is 1. The second-order valence-electron chi connectivity index (χ2n) is 5.03. The first-order valence-electron chi connectivity index (χ1n) is 6.39. The van der Waals surface area contributed by atoms with Crippen molar-refractivity contribution in [2.75, 3.05) is 13.6 Å². The predicted molar refractivity (Wildman–Crippen MR) is 69.9 cm³/mol. The summed E-state index contributed by atoms with van der Waals surface area (Å²) in [5, 5.41) is 0. The molecule has 0 N–H and O–H groups in total. The van der Waals surface area contributed by atoms with E-state index in [1.807, 2.05) is 24.5 Å². The number of carbonyl (C=O) groups is 1. The SMILES string of the molecule is CN1CCCC1Cc1ncc2cc(C=O)ccn12. The minimum atomic E-state index is 0.598. The van der Waals surface area contributed by atoms with Crippen molar-refractivity contribution >= 4 is 11.8 Å². The highest BCUT2D eigenvalue weighted by atomic mass is 16.1. The van der Waals surface area contributed by atoms with E-state index in [0.717, 1.165) is 24.0 Å². The summed E-state index contributed by atoms with van der Waals surface area (Å²) >= 11 is 0. The molecule has 4 heteroatoms. The molecule has 0 bridgehead atoms. The van der Waals surface area contributed by atoms with E-state index < -0.39 is 0 Å². The number of likely N-dealkylation sites (tertiary alicyclic amines) is 1. The van der Waals surface area contributed by atoms with Crippen LogP contribution in [0.4, 0.5) is 0 Å². The van der Waals surface area contributed by atoms with Gasteiger partial charge in [-0.25, -0.2) is 4.98 Å². The first-order chi connectivity index (χ1) is 8.78. The molecule has 1 saturated heterocycles. The van der Waals surface area contributed by atoms with Crippen LogP contribution in [-0.2, 0) is 6.42 Å². The number of carbonyl (C=O) groups excluding carboxylic acids is 1. The molecule has 0 aliphatic carbocycles. The van der Waals surface area contributed by atoms with Gasteiger partial charge in [0.2, 0.25) is 0 Å². The fraction of sp³-hybridized carbons (Fsp3) is 0.429. The summed E-state index contributed by atoms with van der Waals surface area (Å²) in [6.07, 6.45) is 8.16. The van der Waals surface area contributed by atoms with Crippen molar-refractivity contribution in [2.45, 2.75) is 25.3 Å². The Morgan fingerprint density at radius 2 is 2.44 bits per heavy atom. The molecule has 1 atom stereocenters. The number of rotatable bonds is 3. The maximum absolute atomic E-state index is 10.7. The van der Waals surface area contributed by atoms with Crippen LogP contribution in [0.1, 0.15) is 29.0 Å². The van der Waals surface area contributed by atoms with E-state index in [2.05, 4.69) is 21.3 Å². The number of aldehydes is 1. The second kappa shape index (κ2) is 4.53. The highest BCUT2D eigenvalue weighted by molar-refractivity contribution is 5.77. The molecule has 2 aromatic heterocycles. The van der Waals surface area contributed by atoms with E-state index in [-0.39, 0.29) is 0 Å². The smallest absolute Gasteiger partial charge is 0.150 e. The highest BCUT2D eigenvalue weighted by Gasteiger charge is 2.22. The van der Waals surface area contributed by atoms with Crippen molar-refractivity contribution in [1.29, 1.82) is 0 Å². The molecule has 1 unspecified atom stereocenters. The first kappa shape index (κ1) is 11.4. The van der Waals surface area contributed by atoms with Crippen molar-refractivity contribution in [3.05, 3.63) is 35.9 Å². The second-order valence-corrected chi connectivity index (χ2v) is 5.03. The van der Waals surface area contributed by atoms with Gasteiger partial charge in [0.15, 0.2) is 0 Å². The van der Waals surface area contributed by atoms with Crippen LogP contribution in [0.25, 0.3) is 5.52 Å². The number of fused-ring (bicyclic) bond motifs is 1. The largest absolute Gasteiger partial charge is 0.304 e. The number of hydrogen-bond donors (Lipinski definition) is 0. The van der Waals surface area contributed by atoms with E-state index in [0.29, 0.717) is 11.6 Å². The molecular weight excluding hydrogens is 226 g/mol. The van der Waals surface area contributed by atoms with Gasteiger partial charge in [0.25, 0.3) is 0 Å². The third-order valence-electron chi connectivity index (χ3n) is 3.86. The quantitative estimate of drug-likeness (QED) is 0.771. The summed E-state index contributed by atoms with van der Waals surface area (Å²) in [6, 6.07) is 4.31. The Balaban J connectivity index is 1.90. The van der Waals surface area contributed by atoms with Gasteiger partial charge < -0.3 is 9.30 Å². The standard InChI is InChI=1S/C14H17N3O/c1-16-5-2-3-12(16)8-14-15-9-13-7-11(10-18)4-6-17(13)14/h4,6-7,9-10,12H,2-3,5,8H2,1H3. The third kappa shape index (κ3) is 1.93. The van der Waals surface area contributed by atoms with Crippen LogP contribution in [0.3, 0.4) is 0 Å². The lowest BCUT2D eigenvalue weighted by Crippen LogP contribution is -2.27. The molecular formula is C14H17N3O. The van der Waals surface area contributed by atoms with Crippen LogP contribution in [0, 0.1) is 0 Å². The van der Waals surface area contributed by atoms with Gasteiger partial charge in [0.05, 0.1) is 11.7 Å². The van der Waals surface area contributed by atoms with E-state index >= 15 is 0 Å². The topological polar surface area (TPSA) is 37.6 Å². The Bertz CT molecular complexity index is 575. The Kier molecular flexibility index (Phi) is 2.88. The van der Waals surface area contributed by atoms with Crippen LogP contribution in [0.5, 0.6) is 0 Å². The molecule has 18 heavy (non-hydrogen) atoms. The fourth-order valence-electron chi connectivity index (χ4n) is 2.74. The molecule has 0 spiro atoms. The molecule has 0 amide bonds. The first-order valence-corrected chi connectivity index (χ1v) is 6.39. The summed E-state index contributed by atoms with van der Waals surface area (Å²) in [4.78, 5) is 17.6. The van der Waals surface area contributed by atoms with Crippen molar-refractivity contribution < 1.29 is 4.79 Å². The minimum absolute atomic E-state index is 0.598. The Hall–Kier alpha value is -1.68. The van der Waals surface area contributed by atoms with Crippen LogP contribution in [0.2, 0.25) is 0 Å². The van der Waals surface area contributed by atoms with Crippen molar-refractivity contribution in [2.24, 2.45) is 0 Å². The van der Waals surface area contributed by atoms with E-state index in [4.69, 9.17) is 0 Å². The van der Waals surface area contributed by atoms with Crippen molar-refractivity contribution in [3.8, 4) is 0 Å². The summed E-state index contributed by atoms with van der Waals surface area (Å²) in [7, 11) is 2.18. The maximum atomic E-state index is 10.7. The van der Waals surface area contributed by atoms with Gasteiger partial charge in [-0.05, 0) is 38.6 Å². The molecule has 94 valence electrons. The number of aromatic nitrogens is 2. The lowest BCUT2D eigenvalue weighted by Gasteiger charge is -2.18.